The highest BCUT2D eigenvalue weighted by atomic mass is 16.2. The van der Waals surface area contributed by atoms with Gasteiger partial charge < -0.3 is 21.6 Å². The third kappa shape index (κ3) is 16.7. The summed E-state index contributed by atoms with van der Waals surface area (Å²) in [7, 11) is 0. The van der Waals surface area contributed by atoms with Crippen LogP contribution in [-0.2, 0) is 14.4 Å². The standard InChI is InChI=1S/C7H15NO.C4H8N4O2.C4H10/c1-7(9)5-3-2-4-6-8;5-3(10)4-7-2(9)1-8(4)6;1-4(2)3/h2-6,8H2,1H3;4H,1,6H2,(H2,5,10)(H,7,9);4H,1-3H3. The second kappa shape index (κ2) is 14.1. The fourth-order valence-corrected chi connectivity index (χ4v) is 1.47. The quantitative estimate of drug-likeness (QED) is 0.394. The van der Waals surface area contributed by atoms with Crippen molar-refractivity contribution in [2.75, 3.05) is 13.1 Å². The molecule has 1 rings (SSSR count). The molecule has 0 aromatic rings. The van der Waals surface area contributed by atoms with Gasteiger partial charge in [0.2, 0.25) is 5.91 Å². The molecule has 1 saturated heterocycles. The monoisotopic (exact) mass is 331 g/mol. The zero-order valence-corrected chi connectivity index (χ0v) is 14.8. The van der Waals surface area contributed by atoms with Gasteiger partial charge in [-0.05, 0) is 32.2 Å². The molecule has 0 aromatic heterocycles. The van der Waals surface area contributed by atoms with Gasteiger partial charge in [0.1, 0.15) is 5.78 Å². The maximum atomic E-state index is 10.5. The van der Waals surface area contributed by atoms with Crippen molar-refractivity contribution in [2.45, 2.75) is 59.5 Å². The predicted octanol–water partition coefficient (Wildman–Crippen LogP) is -0.140. The van der Waals surface area contributed by atoms with E-state index >= 15 is 0 Å². The highest BCUT2D eigenvalue weighted by Crippen LogP contribution is 1.98. The van der Waals surface area contributed by atoms with Crippen LogP contribution in [0.25, 0.3) is 0 Å². The molecule has 0 aromatic carbocycles. The van der Waals surface area contributed by atoms with E-state index in [2.05, 4.69) is 26.1 Å². The van der Waals surface area contributed by atoms with Crippen molar-refractivity contribution in [3.05, 3.63) is 0 Å². The van der Waals surface area contributed by atoms with Gasteiger partial charge in [-0.1, -0.05) is 27.2 Å². The lowest BCUT2D eigenvalue weighted by molar-refractivity contribution is -0.124. The molecular formula is C15H33N5O3. The van der Waals surface area contributed by atoms with E-state index in [1.165, 1.54) is 0 Å². The number of hydrogen-bond donors (Lipinski definition) is 4. The molecule has 1 aliphatic rings. The van der Waals surface area contributed by atoms with Gasteiger partial charge in [0.15, 0.2) is 6.17 Å². The maximum Gasteiger partial charge on any atom is 0.256 e. The van der Waals surface area contributed by atoms with Crippen LogP contribution in [0.2, 0.25) is 0 Å². The van der Waals surface area contributed by atoms with E-state index in [1.807, 2.05) is 0 Å². The normalized spacial score (nSPS) is 16.8. The van der Waals surface area contributed by atoms with E-state index in [9.17, 15) is 14.4 Å². The lowest BCUT2D eigenvalue weighted by Gasteiger charge is -2.12. The molecule has 1 fully saturated rings. The van der Waals surface area contributed by atoms with Gasteiger partial charge in [0.25, 0.3) is 5.91 Å². The molecule has 8 heteroatoms. The third-order valence-corrected chi connectivity index (χ3v) is 2.46. The number of rotatable bonds is 6. The van der Waals surface area contributed by atoms with E-state index in [4.69, 9.17) is 17.3 Å². The van der Waals surface area contributed by atoms with Crippen molar-refractivity contribution < 1.29 is 14.4 Å². The van der Waals surface area contributed by atoms with Crippen molar-refractivity contribution in [1.82, 2.24) is 10.3 Å². The zero-order valence-electron chi connectivity index (χ0n) is 14.8. The SMILES string of the molecule is CC(=O)CCCCCN.CC(C)C.NC(=O)C1NC(=O)CN1N. The first kappa shape index (κ1) is 23.8. The number of nitrogens with two attached hydrogens (primary N) is 3. The summed E-state index contributed by atoms with van der Waals surface area (Å²) in [5.41, 5.74) is 10.1. The van der Waals surface area contributed by atoms with Crippen LogP contribution in [0.15, 0.2) is 0 Å². The summed E-state index contributed by atoms with van der Waals surface area (Å²) >= 11 is 0. The lowest BCUT2D eigenvalue weighted by atomic mass is 10.1. The molecule has 1 unspecified atom stereocenters. The fourth-order valence-electron chi connectivity index (χ4n) is 1.47. The Morgan fingerprint density at radius 1 is 1.26 bits per heavy atom. The number of hydrogen-bond acceptors (Lipinski definition) is 6. The van der Waals surface area contributed by atoms with E-state index < -0.39 is 12.1 Å². The first-order valence-corrected chi connectivity index (χ1v) is 7.91. The highest BCUT2D eigenvalue weighted by Gasteiger charge is 2.31. The minimum atomic E-state index is -0.840. The number of primary amides is 1. The van der Waals surface area contributed by atoms with E-state index in [0.29, 0.717) is 0 Å². The van der Waals surface area contributed by atoms with E-state index in [1.54, 1.807) is 6.92 Å². The number of nitrogens with one attached hydrogen (secondary N) is 1. The molecule has 8 nitrogen and oxygen atoms in total. The van der Waals surface area contributed by atoms with Gasteiger partial charge in [0, 0.05) is 6.42 Å². The number of unbranched alkanes of at least 4 members (excludes halogenated alkanes) is 2. The van der Waals surface area contributed by atoms with E-state index in [0.717, 1.165) is 43.2 Å². The Morgan fingerprint density at radius 2 is 1.78 bits per heavy atom. The van der Waals surface area contributed by atoms with Crippen molar-refractivity contribution in [2.24, 2.45) is 23.2 Å². The summed E-state index contributed by atoms with van der Waals surface area (Å²) in [5.74, 6) is 5.41. The Morgan fingerprint density at radius 3 is 2.04 bits per heavy atom. The molecule has 0 bridgehead atoms. The molecule has 7 N–H and O–H groups in total. The Labute approximate surface area is 139 Å². The number of amides is 2. The summed E-state index contributed by atoms with van der Waals surface area (Å²) in [5, 5.41) is 3.35. The number of Topliss-reactive ketones (excluding diaryl/α,β-unsaturated/α-hetero) is 1. The number of carbonyl (C=O) groups excluding carboxylic acids is 3. The minimum absolute atomic E-state index is 0.0214. The van der Waals surface area contributed by atoms with Crippen LogP contribution in [0.1, 0.15) is 53.4 Å². The summed E-state index contributed by atoms with van der Waals surface area (Å²) < 4.78 is 0. The van der Waals surface area contributed by atoms with Crippen molar-refractivity contribution in [3.63, 3.8) is 0 Å². The number of carbonyl (C=O) groups is 3. The van der Waals surface area contributed by atoms with Gasteiger partial charge in [-0.3, -0.25) is 15.4 Å². The number of ketones is 1. The van der Waals surface area contributed by atoms with Gasteiger partial charge in [0.05, 0.1) is 6.54 Å². The van der Waals surface area contributed by atoms with Gasteiger partial charge in [-0.15, -0.1) is 0 Å². The van der Waals surface area contributed by atoms with Crippen LogP contribution >= 0.6 is 0 Å². The molecule has 1 heterocycles. The molecule has 136 valence electrons. The topological polar surface area (TPSA) is 145 Å². The van der Waals surface area contributed by atoms with Crippen LogP contribution < -0.4 is 22.6 Å². The Bertz CT molecular complexity index is 358. The molecule has 0 radical (unpaired) electrons. The number of hydrazine groups is 1. The Hall–Kier alpha value is -1.51. The summed E-state index contributed by atoms with van der Waals surface area (Å²) in [6.07, 6.45) is 3.03. The van der Waals surface area contributed by atoms with Gasteiger partial charge >= 0.3 is 0 Å². The van der Waals surface area contributed by atoms with Crippen LogP contribution in [-0.4, -0.2) is 41.9 Å². The van der Waals surface area contributed by atoms with Crippen molar-refractivity contribution in [1.29, 1.82) is 0 Å². The van der Waals surface area contributed by atoms with E-state index in [-0.39, 0.29) is 18.2 Å². The predicted molar refractivity (Wildman–Crippen MR) is 90.7 cm³/mol. The van der Waals surface area contributed by atoms with Crippen LogP contribution in [0.4, 0.5) is 0 Å². The Balaban J connectivity index is 0. The van der Waals surface area contributed by atoms with Gasteiger partial charge in [-0.25, -0.2) is 5.01 Å². The summed E-state index contributed by atoms with van der Waals surface area (Å²) in [4.78, 5) is 31.3. The largest absolute Gasteiger partial charge is 0.367 e. The first-order chi connectivity index (χ1) is 10.6. The van der Waals surface area contributed by atoms with Gasteiger partial charge in [-0.2, -0.15) is 0 Å². The maximum absolute atomic E-state index is 10.5. The average molecular weight is 331 g/mol. The second-order valence-corrected chi connectivity index (χ2v) is 6.08. The molecule has 23 heavy (non-hydrogen) atoms. The molecule has 0 saturated carbocycles. The van der Waals surface area contributed by atoms with Crippen molar-refractivity contribution in [3.8, 4) is 0 Å². The zero-order chi connectivity index (χ0) is 18.4. The second-order valence-electron chi connectivity index (χ2n) is 6.08. The smallest absolute Gasteiger partial charge is 0.256 e. The average Bonchev–Trinajstić information content (AvgIpc) is 2.74. The Kier molecular flexibility index (Phi) is 14.6. The molecule has 0 spiro atoms. The molecule has 1 atom stereocenters. The fraction of sp³-hybridized carbons (Fsp3) is 0.800. The minimum Gasteiger partial charge on any atom is -0.367 e. The molecule has 2 amide bonds. The highest BCUT2D eigenvalue weighted by molar-refractivity contribution is 5.90. The molecular weight excluding hydrogens is 298 g/mol. The molecule has 0 aliphatic carbocycles. The lowest BCUT2D eigenvalue weighted by Crippen LogP contribution is -2.49. The summed E-state index contributed by atoms with van der Waals surface area (Å²) in [6, 6.07) is 0. The van der Waals surface area contributed by atoms with Crippen molar-refractivity contribution >= 4 is 17.6 Å². The summed E-state index contributed by atoms with van der Waals surface area (Å²) in [6.45, 7) is 8.90. The number of nitrogens with zero attached hydrogens (tertiary/aromatic N) is 1. The van der Waals surface area contributed by atoms with Crippen LogP contribution in [0.5, 0.6) is 0 Å². The van der Waals surface area contributed by atoms with Crippen LogP contribution in [0, 0.1) is 5.92 Å². The van der Waals surface area contributed by atoms with Crippen LogP contribution in [0.3, 0.4) is 0 Å². The third-order valence-electron chi connectivity index (χ3n) is 2.46. The first-order valence-electron chi connectivity index (χ1n) is 7.91. The molecule has 1 aliphatic heterocycles.